The highest BCUT2D eigenvalue weighted by Crippen LogP contribution is 2.21. The van der Waals surface area contributed by atoms with E-state index in [-0.39, 0.29) is 5.75 Å². The number of ether oxygens (including phenoxy) is 1. The van der Waals surface area contributed by atoms with Gasteiger partial charge in [-0.25, -0.2) is 9.18 Å². The number of halogens is 1. The molecule has 0 aromatic heterocycles. The minimum absolute atomic E-state index is 0.234. The molecule has 2 rings (SSSR count). The maximum atomic E-state index is 13.4. The number of amides is 3. The van der Waals surface area contributed by atoms with Crippen molar-refractivity contribution in [2.75, 3.05) is 6.61 Å². The number of rotatable bonds is 6. The van der Waals surface area contributed by atoms with Crippen molar-refractivity contribution in [2.45, 2.75) is 25.4 Å². The SMILES string of the molecule is NC(=O)NC(=O)COc1cc(F)cc(CNC2CC2)c1. The third kappa shape index (κ3) is 4.85. The van der Waals surface area contributed by atoms with E-state index in [1.54, 1.807) is 6.07 Å². The fraction of sp³-hybridized carbons (Fsp3) is 0.385. The minimum atomic E-state index is -0.952. The highest BCUT2D eigenvalue weighted by atomic mass is 19.1. The molecule has 0 bridgehead atoms. The minimum Gasteiger partial charge on any atom is -0.484 e. The Morgan fingerprint density at radius 2 is 2.10 bits per heavy atom. The first-order chi connectivity index (χ1) is 9.52. The van der Waals surface area contributed by atoms with Crippen molar-refractivity contribution in [1.29, 1.82) is 0 Å². The quantitative estimate of drug-likeness (QED) is 0.713. The number of nitrogens with one attached hydrogen (secondary N) is 2. The monoisotopic (exact) mass is 281 g/mol. The van der Waals surface area contributed by atoms with Gasteiger partial charge >= 0.3 is 6.03 Å². The summed E-state index contributed by atoms with van der Waals surface area (Å²) in [6, 6.07) is 3.80. The van der Waals surface area contributed by atoms with Crippen molar-refractivity contribution in [3.05, 3.63) is 29.6 Å². The van der Waals surface area contributed by atoms with Crippen LogP contribution in [0.4, 0.5) is 9.18 Å². The molecule has 20 heavy (non-hydrogen) atoms. The Kier molecular flexibility index (Phi) is 4.52. The zero-order valence-electron chi connectivity index (χ0n) is 10.8. The third-order valence-electron chi connectivity index (χ3n) is 2.74. The molecule has 0 radical (unpaired) electrons. The Labute approximate surface area is 115 Å². The lowest BCUT2D eigenvalue weighted by Crippen LogP contribution is -2.38. The standard InChI is InChI=1S/C13H16FN3O3/c14-9-3-8(6-16-10-1-2-10)4-11(5-9)20-7-12(18)17-13(15)19/h3-5,10,16H,1-2,6-7H2,(H3,15,17,18,19). The molecule has 1 aromatic carbocycles. The van der Waals surface area contributed by atoms with E-state index >= 15 is 0 Å². The largest absolute Gasteiger partial charge is 0.484 e. The normalized spacial score (nSPS) is 13.8. The summed E-state index contributed by atoms with van der Waals surface area (Å²) in [6.07, 6.45) is 2.29. The average Bonchev–Trinajstić information content (AvgIpc) is 3.16. The molecule has 4 N–H and O–H groups in total. The summed E-state index contributed by atoms with van der Waals surface area (Å²) >= 11 is 0. The summed E-state index contributed by atoms with van der Waals surface area (Å²) in [7, 11) is 0. The Hall–Kier alpha value is -2.15. The van der Waals surface area contributed by atoms with Crippen LogP contribution in [0.15, 0.2) is 18.2 Å². The van der Waals surface area contributed by atoms with Crippen LogP contribution in [-0.4, -0.2) is 24.6 Å². The third-order valence-corrected chi connectivity index (χ3v) is 2.74. The molecule has 0 aliphatic heterocycles. The van der Waals surface area contributed by atoms with Crippen molar-refractivity contribution in [2.24, 2.45) is 5.73 Å². The summed E-state index contributed by atoms with van der Waals surface area (Å²) in [5.41, 5.74) is 5.53. The highest BCUT2D eigenvalue weighted by molar-refractivity contribution is 5.94. The molecule has 108 valence electrons. The number of hydrogen-bond acceptors (Lipinski definition) is 4. The number of nitrogens with two attached hydrogens (primary N) is 1. The van der Waals surface area contributed by atoms with Gasteiger partial charge in [0.05, 0.1) is 0 Å². The van der Waals surface area contributed by atoms with E-state index in [1.165, 1.54) is 12.1 Å². The van der Waals surface area contributed by atoms with Crippen LogP contribution < -0.4 is 21.1 Å². The van der Waals surface area contributed by atoms with Gasteiger partial charge in [0.1, 0.15) is 11.6 Å². The van der Waals surface area contributed by atoms with E-state index in [0.29, 0.717) is 12.6 Å². The Bertz CT molecular complexity index is 518. The maximum Gasteiger partial charge on any atom is 0.318 e. The number of primary amides is 1. The maximum absolute atomic E-state index is 13.4. The van der Waals surface area contributed by atoms with Crippen molar-refractivity contribution in [3.63, 3.8) is 0 Å². The molecule has 1 aliphatic rings. The molecule has 0 unspecified atom stereocenters. The number of urea groups is 1. The van der Waals surface area contributed by atoms with Gasteiger partial charge in [0.25, 0.3) is 5.91 Å². The summed E-state index contributed by atoms with van der Waals surface area (Å²) in [4.78, 5) is 21.6. The van der Waals surface area contributed by atoms with Gasteiger partial charge in [-0.1, -0.05) is 0 Å². The van der Waals surface area contributed by atoms with Gasteiger partial charge in [0.15, 0.2) is 6.61 Å². The van der Waals surface area contributed by atoms with Gasteiger partial charge < -0.3 is 15.8 Å². The zero-order valence-corrected chi connectivity index (χ0v) is 10.8. The van der Waals surface area contributed by atoms with Crippen molar-refractivity contribution < 1.29 is 18.7 Å². The molecule has 1 saturated carbocycles. The van der Waals surface area contributed by atoms with Crippen LogP contribution in [-0.2, 0) is 11.3 Å². The van der Waals surface area contributed by atoms with Crippen molar-refractivity contribution in [1.82, 2.24) is 10.6 Å². The first kappa shape index (κ1) is 14.3. The van der Waals surface area contributed by atoms with Gasteiger partial charge in [-0.3, -0.25) is 10.1 Å². The number of imide groups is 1. The second-order valence-electron chi connectivity index (χ2n) is 4.65. The van der Waals surface area contributed by atoms with E-state index in [2.05, 4.69) is 5.32 Å². The van der Waals surface area contributed by atoms with Crippen LogP contribution in [0, 0.1) is 5.82 Å². The summed E-state index contributed by atoms with van der Waals surface area (Å²) in [6.45, 7) is 0.147. The lowest BCUT2D eigenvalue weighted by atomic mass is 10.2. The van der Waals surface area contributed by atoms with E-state index in [9.17, 15) is 14.0 Å². The van der Waals surface area contributed by atoms with E-state index in [4.69, 9.17) is 10.5 Å². The number of carbonyl (C=O) groups is 2. The van der Waals surface area contributed by atoms with Gasteiger partial charge in [-0.2, -0.15) is 0 Å². The fourth-order valence-corrected chi connectivity index (χ4v) is 1.68. The van der Waals surface area contributed by atoms with Crippen LogP contribution in [0.2, 0.25) is 0 Å². The van der Waals surface area contributed by atoms with Gasteiger partial charge in [-0.15, -0.1) is 0 Å². The Morgan fingerprint density at radius 3 is 2.75 bits per heavy atom. The topological polar surface area (TPSA) is 93.5 Å². The van der Waals surface area contributed by atoms with Crippen LogP contribution in [0.3, 0.4) is 0 Å². The first-order valence-corrected chi connectivity index (χ1v) is 6.28. The second-order valence-corrected chi connectivity index (χ2v) is 4.65. The molecule has 0 spiro atoms. The smallest absolute Gasteiger partial charge is 0.318 e. The summed E-state index contributed by atoms with van der Waals surface area (Å²) in [5, 5.41) is 5.12. The molecule has 0 saturated heterocycles. The number of carbonyl (C=O) groups excluding carboxylic acids is 2. The molecule has 1 aromatic rings. The van der Waals surface area contributed by atoms with Gasteiger partial charge in [0, 0.05) is 18.7 Å². The summed E-state index contributed by atoms with van der Waals surface area (Å²) < 4.78 is 18.5. The molecule has 1 aliphatic carbocycles. The van der Waals surface area contributed by atoms with Gasteiger partial charge in [0.2, 0.25) is 0 Å². The van der Waals surface area contributed by atoms with E-state index in [0.717, 1.165) is 18.4 Å². The molecule has 1 fully saturated rings. The lowest BCUT2D eigenvalue weighted by molar-refractivity contribution is -0.121. The highest BCUT2D eigenvalue weighted by Gasteiger charge is 2.20. The van der Waals surface area contributed by atoms with Crippen LogP contribution in [0.5, 0.6) is 5.75 Å². The molecule has 0 heterocycles. The predicted octanol–water partition coefficient (Wildman–Crippen LogP) is 0.651. The molecular formula is C13H16FN3O3. The lowest BCUT2D eigenvalue weighted by Gasteiger charge is -2.09. The van der Waals surface area contributed by atoms with Crippen molar-refractivity contribution >= 4 is 11.9 Å². The first-order valence-electron chi connectivity index (χ1n) is 6.28. The molecule has 6 nitrogen and oxygen atoms in total. The Morgan fingerprint density at radius 1 is 1.35 bits per heavy atom. The molecule has 7 heteroatoms. The van der Waals surface area contributed by atoms with E-state index < -0.39 is 24.4 Å². The predicted molar refractivity (Wildman–Crippen MR) is 69.5 cm³/mol. The van der Waals surface area contributed by atoms with Crippen LogP contribution >= 0.6 is 0 Å². The van der Waals surface area contributed by atoms with Gasteiger partial charge in [-0.05, 0) is 30.5 Å². The number of benzene rings is 1. The van der Waals surface area contributed by atoms with Crippen LogP contribution in [0.1, 0.15) is 18.4 Å². The molecular weight excluding hydrogens is 265 g/mol. The molecule has 0 atom stereocenters. The van der Waals surface area contributed by atoms with E-state index in [1.807, 2.05) is 5.32 Å². The molecule has 3 amide bonds. The van der Waals surface area contributed by atoms with Crippen LogP contribution in [0.25, 0.3) is 0 Å². The Balaban J connectivity index is 1.89. The van der Waals surface area contributed by atoms with Crippen molar-refractivity contribution in [3.8, 4) is 5.75 Å². The summed E-state index contributed by atoms with van der Waals surface area (Å²) in [5.74, 6) is -0.887. The average molecular weight is 281 g/mol. The number of hydrogen-bond donors (Lipinski definition) is 3. The zero-order chi connectivity index (χ0) is 14.5. The fourth-order valence-electron chi connectivity index (χ4n) is 1.68. The second kappa shape index (κ2) is 6.33.